The number of benzene rings is 1. The highest BCUT2D eigenvalue weighted by molar-refractivity contribution is 7.90. The lowest BCUT2D eigenvalue weighted by Crippen LogP contribution is -2.26. The number of nitrogens with one attached hydrogen (secondary N) is 1. The van der Waals surface area contributed by atoms with Crippen LogP contribution in [0.25, 0.3) is 0 Å². The number of rotatable bonds is 3. The van der Waals surface area contributed by atoms with E-state index in [2.05, 4.69) is 9.71 Å². The number of hydrogen-bond acceptors (Lipinski definition) is 4. The molecular formula is C11H14N2O3S. The summed E-state index contributed by atoms with van der Waals surface area (Å²) < 4.78 is 32.6. The smallest absolute Gasteiger partial charge is 0.286 e. The first-order valence-corrected chi connectivity index (χ1v) is 6.74. The molecule has 0 fully saturated rings. The zero-order valence-electron chi connectivity index (χ0n) is 9.67. The summed E-state index contributed by atoms with van der Waals surface area (Å²) in [7, 11) is -1.77. The van der Waals surface area contributed by atoms with Gasteiger partial charge in [0.2, 0.25) is 5.90 Å². The van der Waals surface area contributed by atoms with E-state index in [-0.39, 0.29) is 16.9 Å². The van der Waals surface area contributed by atoms with Crippen LogP contribution in [0.2, 0.25) is 0 Å². The number of nitrogens with zero attached hydrogens (tertiary/aromatic N) is 1. The molecule has 1 aliphatic rings. The number of ether oxygens (including phenoxy) is 1. The summed E-state index contributed by atoms with van der Waals surface area (Å²) in [4.78, 5) is 0.214. The van der Waals surface area contributed by atoms with Crippen molar-refractivity contribution in [1.29, 1.82) is 0 Å². The number of hydrogen-bond donors (Lipinski definition) is 1. The minimum absolute atomic E-state index is 0.139. The second-order valence-electron chi connectivity index (χ2n) is 3.85. The standard InChI is InChI=1S/C11H14N2O3S/c1-8(7-12-2)16-11-9-5-3-4-6-10(9)17(14,15)13-11/h3-6,8,12H,7H2,1-2H3. The zero-order chi connectivity index (χ0) is 12.5. The molecular weight excluding hydrogens is 240 g/mol. The summed E-state index contributed by atoms with van der Waals surface area (Å²) in [6, 6.07) is 6.67. The van der Waals surface area contributed by atoms with Gasteiger partial charge in [0.25, 0.3) is 10.0 Å². The van der Waals surface area contributed by atoms with Crippen LogP contribution in [-0.2, 0) is 14.8 Å². The van der Waals surface area contributed by atoms with Crippen LogP contribution in [0.4, 0.5) is 0 Å². The Morgan fingerprint density at radius 1 is 1.41 bits per heavy atom. The predicted molar refractivity (Wildman–Crippen MR) is 64.6 cm³/mol. The lowest BCUT2D eigenvalue weighted by molar-refractivity contribution is 0.209. The van der Waals surface area contributed by atoms with Crippen molar-refractivity contribution in [3.8, 4) is 0 Å². The first-order valence-electron chi connectivity index (χ1n) is 5.30. The molecule has 1 heterocycles. The summed E-state index contributed by atoms with van der Waals surface area (Å²) >= 11 is 0. The van der Waals surface area contributed by atoms with Crippen molar-refractivity contribution in [3.63, 3.8) is 0 Å². The van der Waals surface area contributed by atoms with E-state index in [1.54, 1.807) is 25.2 Å². The fourth-order valence-corrected chi connectivity index (χ4v) is 2.82. The van der Waals surface area contributed by atoms with Crippen molar-refractivity contribution in [1.82, 2.24) is 5.32 Å². The van der Waals surface area contributed by atoms with Crippen LogP contribution in [-0.4, -0.2) is 34.0 Å². The number of likely N-dealkylation sites (N-methyl/N-ethyl adjacent to an activating group) is 1. The molecule has 0 spiro atoms. The third kappa shape index (κ3) is 2.32. The average molecular weight is 254 g/mol. The molecule has 17 heavy (non-hydrogen) atoms. The van der Waals surface area contributed by atoms with Crippen LogP contribution in [0.5, 0.6) is 0 Å². The van der Waals surface area contributed by atoms with E-state index in [4.69, 9.17) is 4.74 Å². The minimum Gasteiger partial charge on any atom is -0.472 e. The molecule has 0 saturated heterocycles. The summed E-state index contributed by atoms with van der Waals surface area (Å²) in [5.74, 6) is 0.184. The topological polar surface area (TPSA) is 67.8 Å². The second kappa shape index (κ2) is 4.46. The van der Waals surface area contributed by atoms with Crippen LogP contribution in [0.3, 0.4) is 0 Å². The SMILES string of the molecule is CNCC(C)OC1=NS(=O)(=O)c2ccccc21. The lowest BCUT2D eigenvalue weighted by Gasteiger charge is -2.13. The van der Waals surface area contributed by atoms with E-state index in [0.717, 1.165) is 0 Å². The molecule has 6 heteroatoms. The fourth-order valence-electron chi connectivity index (χ4n) is 1.68. The van der Waals surface area contributed by atoms with E-state index in [0.29, 0.717) is 12.1 Å². The summed E-state index contributed by atoms with van der Waals surface area (Å²) in [6.45, 7) is 2.48. The van der Waals surface area contributed by atoms with Crippen molar-refractivity contribution in [2.45, 2.75) is 17.9 Å². The molecule has 1 aliphatic heterocycles. The largest absolute Gasteiger partial charge is 0.472 e. The average Bonchev–Trinajstić information content (AvgIpc) is 2.52. The molecule has 0 aromatic heterocycles. The molecule has 0 aliphatic carbocycles. The minimum atomic E-state index is -3.57. The van der Waals surface area contributed by atoms with Crippen LogP contribution >= 0.6 is 0 Å². The van der Waals surface area contributed by atoms with Crippen LogP contribution in [0.1, 0.15) is 12.5 Å². The van der Waals surface area contributed by atoms with Crippen molar-refractivity contribution in [2.75, 3.05) is 13.6 Å². The quantitative estimate of drug-likeness (QED) is 0.864. The van der Waals surface area contributed by atoms with E-state index in [9.17, 15) is 8.42 Å². The van der Waals surface area contributed by atoms with E-state index < -0.39 is 10.0 Å². The van der Waals surface area contributed by atoms with E-state index >= 15 is 0 Å². The highest BCUT2D eigenvalue weighted by Crippen LogP contribution is 2.26. The Labute approximate surface area is 101 Å². The zero-order valence-corrected chi connectivity index (χ0v) is 10.5. The Hall–Kier alpha value is -1.40. The monoisotopic (exact) mass is 254 g/mol. The summed E-state index contributed by atoms with van der Waals surface area (Å²) in [5.41, 5.74) is 0.537. The Balaban J connectivity index is 2.32. The first-order chi connectivity index (χ1) is 8.04. The Morgan fingerprint density at radius 3 is 2.82 bits per heavy atom. The van der Waals surface area contributed by atoms with Crippen LogP contribution in [0.15, 0.2) is 33.6 Å². The third-order valence-corrected chi connectivity index (χ3v) is 3.72. The molecule has 0 amide bonds. The van der Waals surface area contributed by atoms with Gasteiger partial charge in [0.15, 0.2) is 0 Å². The van der Waals surface area contributed by atoms with Crippen molar-refractivity contribution in [2.24, 2.45) is 4.40 Å². The van der Waals surface area contributed by atoms with Gasteiger partial charge in [0.1, 0.15) is 11.0 Å². The predicted octanol–water partition coefficient (Wildman–Crippen LogP) is 0.760. The molecule has 1 N–H and O–H groups in total. The molecule has 0 radical (unpaired) electrons. The van der Waals surface area contributed by atoms with Gasteiger partial charge in [0, 0.05) is 6.54 Å². The fraction of sp³-hybridized carbons (Fsp3) is 0.364. The van der Waals surface area contributed by atoms with Gasteiger partial charge in [-0.05, 0) is 26.1 Å². The molecule has 1 unspecified atom stereocenters. The van der Waals surface area contributed by atoms with E-state index in [1.807, 2.05) is 6.92 Å². The Kier molecular flexibility index (Phi) is 3.17. The van der Waals surface area contributed by atoms with E-state index in [1.165, 1.54) is 6.07 Å². The molecule has 5 nitrogen and oxygen atoms in total. The maximum Gasteiger partial charge on any atom is 0.286 e. The summed E-state index contributed by atoms with van der Waals surface area (Å²) in [6.07, 6.45) is -0.139. The molecule has 92 valence electrons. The highest BCUT2D eigenvalue weighted by Gasteiger charge is 2.30. The van der Waals surface area contributed by atoms with Gasteiger partial charge >= 0.3 is 0 Å². The molecule has 1 aromatic rings. The highest BCUT2D eigenvalue weighted by atomic mass is 32.2. The van der Waals surface area contributed by atoms with Gasteiger partial charge in [-0.1, -0.05) is 12.1 Å². The lowest BCUT2D eigenvalue weighted by atomic mass is 10.2. The van der Waals surface area contributed by atoms with Gasteiger partial charge in [0.05, 0.1) is 5.56 Å². The Morgan fingerprint density at radius 2 is 2.12 bits per heavy atom. The normalized spacial score (nSPS) is 18.4. The van der Waals surface area contributed by atoms with Gasteiger partial charge in [-0.3, -0.25) is 0 Å². The van der Waals surface area contributed by atoms with Crippen molar-refractivity contribution >= 4 is 15.9 Å². The maximum absolute atomic E-state index is 11.7. The third-order valence-electron chi connectivity index (χ3n) is 2.40. The maximum atomic E-state index is 11.7. The summed E-state index contributed by atoms with van der Waals surface area (Å²) in [5, 5.41) is 2.96. The second-order valence-corrected chi connectivity index (χ2v) is 5.43. The number of fused-ring (bicyclic) bond motifs is 1. The molecule has 0 saturated carbocycles. The molecule has 1 atom stereocenters. The Bertz CT molecular complexity index is 552. The number of sulfonamides is 1. The van der Waals surface area contributed by atoms with Crippen molar-refractivity contribution in [3.05, 3.63) is 29.8 Å². The molecule has 2 rings (SSSR count). The van der Waals surface area contributed by atoms with Crippen LogP contribution < -0.4 is 5.32 Å². The van der Waals surface area contributed by atoms with Crippen LogP contribution in [0, 0.1) is 0 Å². The first kappa shape index (κ1) is 12.1. The van der Waals surface area contributed by atoms with Gasteiger partial charge in [-0.25, -0.2) is 0 Å². The molecule has 1 aromatic carbocycles. The van der Waals surface area contributed by atoms with Crippen molar-refractivity contribution < 1.29 is 13.2 Å². The van der Waals surface area contributed by atoms with Gasteiger partial charge in [-0.15, -0.1) is 4.40 Å². The molecule has 0 bridgehead atoms. The van der Waals surface area contributed by atoms with Gasteiger partial charge in [-0.2, -0.15) is 8.42 Å². The van der Waals surface area contributed by atoms with Gasteiger partial charge < -0.3 is 10.1 Å².